The molecule has 0 radical (unpaired) electrons. The van der Waals surface area contributed by atoms with E-state index in [2.05, 4.69) is 12.1 Å². The lowest BCUT2D eigenvalue weighted by Crippen LogP contribution is -2.15. The number of hydrogen-bond donors (Lipinski definition) is 2. The zero-order valence-corrected chi connectivity index (χ0v) is 15.7. The first-order valence-electron chi connectivity index (χ1n) is 7.69. The van der Waals surface area contributed by atoms with E-state index in [0.29, 0.717) is 5.56 Å². The van der Waals surface area contributed by atoms with Crippen molar-refractivity contribution in [1.82, 2.24) is 0 Å². The zero-order valence-electron chi connectivity index (χ0n) is 14.8. The molecule has 0 amide bonds. The topological polar surface area (TPSA) is 93.1 Å². The van der Waals surface area contributed by atoms with Gasteiger partial charge in [-0.3, -0.25) is 0 Å². The Bertz CT molecular complexity index is 713. The Morgan fingerprint density at radius 2 is 1.62 bits per heavy atom. The van der Waals surface area contributed by atoms with Gasteiger partial charge in [0, 0.05) is 24.9 Å². The number of ether oxygens (including phenoxy) is 2. The van der Waals surface area contributed by atoms with E-state index in [4.69, 9.17) is 19.7 Å². The number of carboxylic acid groups (broad SMARTS) is 2. The van der Waals surface area contributed by atoms with Gasteiger partial charge in [0.15, 0.2) is 6.29 Å². The van der Waals surface area contributed by atoms with E-state index in [9.17, 15) is 9.59 Å². The monoisotopic (exact) mass is 378 g/mol. The largest absolute Gasteiger partial charge is 0.478 e. The molecule has 0 fully saturated rings. The van der Waals surface area contributed by atoms with Gasteiger partial charge in [-0.2, -0.15) is 0 Å². The first-order chi connectivity index (χ1) is 12.4. The van der Waals surface area contributed by atoms with Crippen LogP contribution in [-0.2, 0) is 9.47 Å². The van der Waals surface area contributed by atoms with E-state index in [1.165, 1.54) is 17.0 Å². The number of carbonyl (C=O) groups is 2. The molecule has 0 heterocycles. The molecule has 0 aliphatic carbocycles. The fourth-order valence-corrected chi connectivity index (χ4v) is 2.85. The highest BCUT2D eigenvalue weighted by molar-refractivity contribution is 7.99. The smallest absolute Gasteiger partial charge is 0.335 e. The summed E-state index contributed by atoms with van der Waals surface area (Å²) in [6.45, 7) is 1.62. The number of rotatable bonds is 7. The molecule has 26 heavy (non-hydrogen) atoms. The summed E-state index contributed by atoms with van der Waals surface area (Å²) in [5.74, 6) is -1.42. The molecular weight excluding hydrogens is 356 g/mol. The maximum atomic E-state index is 10.6. The minimum Gasteiger partial charge on any atom is -0.478 e. The fourth-order valence-electron chi connectivity index (χ4n) is 1.90. The first-order valence-corrected chi connectivity index (χ1v) is 8.68. The second kappa shape index (κ2) is 11.3. The molecule has 7 heteroatoms. The summed E-state index contributed by atoms with van der Waals surface area (Å²) in [4.78, 5) is 22.3. The number of thioether (sulfide) groups is 1. The van der Waals surface area contributed by atoms with Gasteiger partial charge in [0.2, 0.25) is 0 Å². The van der Waals surface area contributed by atoms with E-state index in [1.807, 2.05) is 18.2 Å². The second-order valence-electron chi connectivity index (χ2n) is 5.17. The molecule has 0 spiro atoms. The van der Waals surface area contributed by atoms with Crippen LogP contribution in [-0.4, -0.2) is 48.4 Å². The third-order valence-corrected chi connectivity index (χ3v) is 4.41. The molecule has 0 aliphatic heterocycles. The predicted octanol–water partition coefficient (Wildman–Crippen LogP) is 3.79. The molecule has 0 aliphatic rings. The third-order valence-electron chi connectivity index (χ3n) is 3.37. The molecule has 0 aromatic heterocycles. The summed E-state index contributed by atoms with van der Waals surface area (Å²) in [7, 11) is 3.30. The minimum atomic E-state index is -1.12. The van der Waals surface area contributed by atoms with Crippen molar-refractivity contribution < 1.29 is 29.3 Å². The van der Waals surface area contributed by atoms with E-state index in [1.54, 1.807) is 32.9 Å². The van der Waals surface area contributed by atoms with Crippen molar-refractivity contribution in [2.75, 3.05) is 20.0 Å². The Morgan fingerprint density at radius 1 is 1.00 bits per heavy atom. The van der Waals surface area contributed by atoms with Gasteiger partial charge in [-0.1, -0.05) is 24.3 Å². The Hall–Kier alpha value is -2.35. The molecule has 2 aromatic carbocycles. The second-order valence-corrected chi connectivity index (χ2v) is 6.26. The Labute approximate surface area is 156 Å². The maximum absolute atomic E-state index is 10.6. The molecule has 0 saturated heterocycles. The standard InChI is InChI=1S/C10H14O2S.C9H8O4/c1-11-10(12-2)8-13-9-6-4-3-5-7-9;1-5-2-3-6(8(10)11)4-7(5)9(12)13/h3-7,10H,8H2,1-2H3;2-4H,1H3,(H,10,11)(H,12,13). The van der Waals surface area contributed by atoms with Crippen molar-refractivity contribution in [2.45, 2.75) is 18.1 Å². The summed E-state index contributed by atoms with van der Waals surface area (Å²) in [5, 5.41) is 17.3. The van der Waals surface area contributed by atoms with Gasteiger partial charge in [0.25, 0.3) is 0 Å². The van der Waals surface area contributed by atoms with Gasteiger partial charge in [-0.15, -0.1) is 11.8 Å². The van der Waals surface area contributed by atoms with Crippen LogP contribution >= 0.6 is 11.8 Å². The van der Waals surface area contributed by atoms with E-state index in [0.717, 1.165) is 11.8 Å². The van der Waals surface area contributed by atoms with Crippen LogP contribution in [0.25, 0.3) is 0 Å². The average molecular weight is 378 g/mol. The molecule has 0 bridgehead atoms. The minimum absolute atomic E-state index is 0.0111. The number of carboxylic acids is 2. The zero-order chi connectivity index (χ0) is 19.5. The molecule has 6 nitrogen and oxygen atoms in total. The van der Waals surface area contributed by atoms with Crippen LogP contribution in [0.3, 0.4) is 0 Å². The lowest BCUT2D eigenvalue weighted by atomic mass is 10.1. The molecule has 0 saturated carbocycles. The summed E-state index contributed by atoms with van der Waals surface area (Å²) < 4.78 is 10.2. The van der Waals surface area contributed by atoms with Gasteiger partial charge in [0.05, 0.1) is 11.1 Å². The normalized spacial score (nSPS) is 10.2. The van der Waals surface area contributed by atoms with Gasteiger partial charge < -0.3 is 19.7 Å². The van der Waals surface area contributed by atoms with Gasteiger partial charge in [-0.05, 0) is 36.8 Å². The third kappa shape index (κ3) is 7.26. The van der Waals surface area contributed by atoms with Gasteiger partial charge in [-0.25, -0.2) is 9.59 Å². The first kappa shape index (κ1) is 21.7. The summed E-state index contributed by atoms with van der Waals surface area (Å²) in [6, 6.07) is 14.2. The summed E-state index contributed by atoms with van der Waals surface area (Å²) in [5.41, 5.74) is 0.570. The van der Waals surface area contributed by atoms with E-state index < -0.39 is 11.9 Å². The van der Waals surface area contributed by atoms with Crippen LogP contribution < -0.4 is 0 Å². The Balaban J connectivity index is 0.000000260. The van der Waals surface area contributed by atoms with Crippen molar-refractivity contribution in [1.29, 1.82) is 0 Å². The molecule has 140 valence electrons. The Morgan fingerprint density at radius 3 is 2.12 bits per heavy atom. The van der Waals surface area contributed by atoms with Crippen LogP contribution in [0.15, 0.2) is 53.4 Å². The average Bonchev–Trinajstić information content (AvgIpc) is 2.64. The quantitative estimate of drug-likeness (QED) is 0.559. The predicted molar refractivity (Wildman–Crippen MR) is 100 cm³/mol. The number of benzene rings is 2. The van der Waals surface area contributed by atoms with Crippen LogP contribution in [0.2, 0.25) is 0 Å². The van der Waals surface area contributed by atoms with Crippen LogP contribution in [0.5, 0.6) is 0 Å². The number of hydrogen-bond acceptors (Lipinski definition) is 5. The van der Waals surface area contributed by atoms with Crippen LogP contribution in [0.4, 0.5) is 0 Å². The van der Waals surface area contributed by atoms with Crippen molar-refractivity contribution in [3.05, 3.63) is 65.2 Å². The van der Waals surface area contributed by atoms with Crippen LogP contribution in [0.1, 0.15) is 26.3 Å². The number of aromatic carboxylic acids is 2. The molecule has 2 rings (SSSR count). The molecule has 2 aromatic rings. The van der Waals surface area contributed by atoms with Gasteiger partial charge >= 0.3 is 11.9 Å². The lowest BCUT2D eigenvalue weighted by molar-refractivity contribution is -0.0842. The van der Waals surface area contributed by atoms with E-state index >= 15 is 0 Å². The lowest BCUT2D eigenvalue weighted by Gasteiger charge is -2.12. The SMILES string of the molecule is COC(CSc1ccccc1)OC.Cc1ccc(C(=O)O)cc1C(=O)O. The Kier molecular flexibility index (Phi) is 9.43. The molecule has 0 unspecified atom stereocenters. The maximum Gasteiger partial charge on any atom is 0.335 e. The van der Waals surface area contributed by atoms with Crippen molar-refractivity contribution in [3.8, 4) is 0 Å². The molecule has 2 N–H and O–H groups in total. The number of methoxy groups -OCH3 is 2. The van der Waals surface area contributed by atoms with Crippen molar-refractivity contribution in [3.63, 3.8) is 0 Å². The highest BCUT2D eigenvalue weighted by atomic mass is 32.2. The molecule has 0 atom stereocenters. The van der Waals surface area contributed by atoms with Crippen LogP contribution in [0, 0.1) is 6.92 Å². The van der Waals surface area contributed by atoms with Crippen molar-refractivity contribution in [2.24, 2.45) is 0 Å². The summed E-state index contributed by atoms with van der Waals surface area (Å²) >= 11 is 1.73. The van der Waals surface area contributed by atoms with E-state index in [-0.39, 0.29) is 17.4 Å². The summed E-state index contributed by atoms with van der Waals surface area (Å²) in [6.07, 6.45) is -0.120. The van der Waals surface area contributed by atoms with Gasteiger partial charge in [0.1, 0.15) is 0 Å². The number of aryl methyl sites for hydroxylation is 1. The molecular formula is C19H22O6S. The van der Waals surface area contributed by atoms with Crippen molar-refractivity contribution >= 4 is 23.7 Å². The highest BCUT2D eigenvalue weighted by Gasteiger charge is 2.10. The highest BCUT2D eigenvalue weighted by Crippen LogP contribution is 2.18. The fraction of sp³-hybridized carbons (Fsp3) is 0.263.